The van der Waals surface area contributed by atoms with E-state index >= 15 is 0 Å². The molecule has 7 heteroatoms. The summed E-state index contributed by atoms with van der Waals surface area (Å²) in [5.41, 5.74) is 0.137. The van der Waals surface area contributed by atoms with Gasteiger partial charge in [-0.2, -0.15) is 0 Å². The van der Waals surface area contributed by atoms with E-state index in [1.165, 1.54) is 12.3 Å². The topological polar surface area (TPSA) is 82.8 Å². The van der Waals surface area contributed by atoms with Gasteiger partial charge in [-0.05, 0) is 55.6 Å². The Labute approximate surface area is 197 Å². The molecule has 0 radical (unpaired) electrons. The number of ether oxygens (including phenoxy) is 1. The number of ketones is 1. The first-order valence-electron chi connectivity index (χ1n) is 11.4. The van der Waals surface area contributed by atoms with Crippen LogP contribution in [0.3, 0.4) is 0 Å². The van der Waals surface area contributed by atoms with Crippen LogP contribution in [0.1, 0.15) is 53.0 Å². The average molecular weight is 473 g/mol. The summed E-state index contributed by atoms with van der Waals surface area (Å²) in [6, 6.07) is 6.84. The van der Waals surface area contributed by atoms with Crippen molar-refractivity contribution in [3.63, 3.8) is 0 Å². The Kier molecular flexibility index (Phi) is 8.97. The zero-order chi connectivity index (χ0) is 24.8. The molecule has 1 aromatic carbocycles. The first-order valence-corrected chi connectivity index (χ1v) is 14.3. The molecule has 0 aliphatic rings. The number of esters is 1. The molecule has 0 fully saturated rings. The fourth-order valence-corrected chi connectivity index (χ4v) is 4.11. The Balaban J connectivity index is 2.18. The van der Waals surface area contributed by atoms with Crippen LogP contribution in [0, 0.1) is 5.92 Å². The van der Waals surface area contributed by atoms with Gasteiger partial charge in [0.25, 0.3) is 0 Å². The lowest BCUT2D eigenvalue weighted by Gasteiger charge is -2.37. The number of hydrogen-bond donors (Lipinski definition) is 0. The smallest absolute Gasteiger partial charge is 0.341 e. The minimum Gasteiger partial charge on any atom is -0.463 e. The minimum atomic E-state index is -1.87. The highest BCUT2D eigenvalue weighted by Crippen LogP contribution is 2.36. The summed E-state index contributed by atoms with van der Waals surface area (Å²) in [5, 5.41) is 0.502. The molecule has 6 nitrogen and oxygen atoms in total. The Bertz CT molecular complexity index is 1070. The summed E-state index contributed by atoms with van der Waals surface area (Å²) in [5.74, 6) is -0.947. The molecule has 2 aromatic rings. The zero-order valence-corrected chi connectivity index (χ0v) is 21.8. The Hall–Kier alpha value is -2.51. The van der Waals surface area contributed by atoms with Crippen molar-refractivity contribution in [2.24, 2.45) is 5.92 Å². The van der Waals surface area contributed by atoms with Crippen molar-refractivity contribution in [2.45, 2.75) is 65.6 Å². The molecular formula is C26H36O6Si. The van der Waals surface area contributed by atoms with Crippen LogP contribution in [-0.4, -0.2) is 33.3 Å². The van der Waals surface area contributed by atoms with E-state index in [4.69, 9.17) is 13.6 Å². The van der Waals surface area contributed by atoms with Gasteiger partial charge in [0.15, 0.2) is 19.5 Å². The second-order valence-corrected chi connectivity index (χ2v) is 14.7. The van der Waals surface area contributed by atoms with Crippen molar-refractivity contribution >= 4 is 37.1 Å². The maximum Gasteiger partial charge on any atom is 0.341 e. The van der Waals surface area contributed by atoms with Gasteiger partial charge >= 0.3 is 5.97 Å². The molecule has 33 heavy (non-hydrogen) atoms. The monoisotopic (exact) mass is 472 g/mol. The van der Waals surface area contributed by atoms with E-state index in [-0.39, 0.29) is 46.3 Å². The molecular weight excluding hydrogens is 436 g/mol. The number of carbonyl (C=O) groups excluding carboxylic acids is 2. The standard InChI is InChI=1S/C26H36O6Si/c1-8-30-25(29)21(15-19-17-31-23-12-10-9-11-20(23)24(19)28)22(27)14-13-18(2)16-32-33(6,7)26(3,4)5/h9-12,15,17-18H,8,13-14,16H2,1-7H3/b21-15+/t18-/m1/s1. The Morgan fingerprint density at radius 2 is 1.85 bits per heavy atom. The molecule has 180 valence electrons. The van der Waals surface area contributed by atoms with Gasteiger partial charge in [-0.25, -0.2) is 4.79 Å². The molecule has 1 aromatic heterocycles. The van der Waals surface area contributed by atoms with Crippen molar-refractivity contribution in [1.29, 1.82) is 0 Å². The van der Waals surface area contributed by atoms with Gasteiger partial charge in [0, 0.05) is 13.0 Å². The van der Waals surface area contributed by atoms with Crippen LogP contribution >= 0.6 is 0 Å². The maximum atomic E-state index is 13.0. The van der Waals surface area contributed by atoms with E-state index in [0.717, 1.165) is 0 Å². The van der Waals surface area contributed by atoms with Crippen molar-refractivity contribution in [1.82, 2.24) is 0 Å². The van der Waals surface area contributed by atoms with E-state index in [0.29, 0.717) is 24.0 Å². The number of hydrogen-bond acceptors (Lipinski definition) is 6. The Morgan fingerprint density at radius 3 is 2.48 bits per heavy atom. The fraction of sp³-hybridized carbons (Fsp3) is 0.500. The SMILES string of the molecule is CCOC(=O)/C(=C/c1coc2ccccc2c1=O)C(=O)CC[C@@H](C)CO[Si](C)(C)C(C)(C)C. The summed E-state index contributed by atoms with van der Waals surface area (Å²) in [6.45, 7) is 15.4. The molecule has 0 unspecified atom stereocenters. The molecule has 0 saturated heterocycles. The molecule has 1 atom stereocenters. The number of Topliss-reactive ketones (excluding diaryl/α,β-unsaturated/α-hetero) is 1. The summed E-state index contributed by atoms with van der Waals surface area (Å²) in [6.07, 6.45) is 3.28. The quantitative estimate of drug-likeness (QED) is 0.144. The molecule has 0 saturated carbocycles. The lowest BCUT2D eigenvalue weighted by molar-refractivity contribution is -0.139. The molecule has 0 spiro atoms. The average Bonchev–Trinajstić information content (AvgIpc) is 2.75. The molecule has 1 heterocycles. The number of fused-ring (bicyclic) bond motifs is 1. The van der Waals surface area contributed by atoms with E-state index < -0.39 is 14.3 Å². The van der Waals surface area contributed by atoms with Crippen LogP contribution in [0.5, 0.6) is 0 Å². The van der Waals surface area contributed by atoms with Gasteiger partial charge in [0.05, 0.1) is 17.6 Å². The Morgan fingerprint density at radius 1 is 1.18 bits per heavy atom. The molecule has 2 rings (SSSR count). The number of para-hydroxylation sites is 1. The van der Waals surface area contributed by atoms with Crippen molar-refractivity contribution in [2.75, 3.05) is 13.2 Å². The highest BCUT2D eigenvalue weighted by atomic mass is 28.4. The van der Waals surface area contributed by atoms with E-state index in [9.17, 15) is 14.4 Å². The maximum absolute atomic E-state index is 13.0. The third-order valence-corrected chi connectivity index (χ3v) is 10.7. The highest BCUT2D eigenvalue weighted by molar-refractivity contribution is 6.74. The highest BCUT2D eigenvalue weighted by Gasteiger charge is 2.37. The molecule has 0 aliphatic carbocycles. The van der Waals surface area contributed by atoms with Gasteiger partial charge < -0.3 is 13.6 Å². The van der Waals surface area contributed by atoms with Crippen molar-refractivity contribution in [3.8, 4) is 0 Å². The first-order chi connectivity index (χ1) is 15.4. The first kappa shape index (κ1) is 26.7. The van der Waals surface area contributed by atoms with E-state index in [1.54, 1.807) is 31.2 Å². The lowest BCUT2D eigenvalue weighted by atomic mass is 9.99. The normalized spacial score (nSPS) is 13.7. The summed E-state index contributed by atoms with van der Waals surface area (Å²) in [7, 11) is -1.87. The number of benzene rings is 1. The van der Waals surface area contributed by atoms with Gasteiger partial charge in [-0.1, -0.05) is 39.8 Å². The molecule has 0 bridgehead atoms. The predicted molar refractivity (Wildman–Crippen MR) is 134 cm³/mol. The number of carbonyl (C=O) groups is 2. The van der Waals surface area contributed by atoms with Crippen LogP contribution in [-0.2, 0) is 18.8 Å². The van der Waals surface area contributed by atoms with E-state index in [1.807, 2.05) is 6.92 Å². The van der Waals surface area contributed by atoms with Crippen LogP contribution in [0.25, 0.3) is 17.0 Å². The third kappa shape index (κ3) is 6.98. The molecule has 0 N–H and O–H groups in total. The lowest BCUT2D eigenvalue weighted by Crippen LogP contribution is -2.41. The number of rotatable bonds is 10. The summed E-state index contributed by atoms with van der Waals surface area (Å²) in [4.78, 5) is 38.3. The van der Waals surface area contributed by atoms with Gasteiger partial charge in [0.2, 0.25) is 0 Å². The van der Waals surface area contributed by atoms with Gasteiger partial charge in [-0.3, -0.25) is 9.59 Å². The van der Waals surface area contributed by atoms with Crippen molar-refractivity contribution in [3.05, 3.63) is 51.9 Å². The van der Waals surface area contributed by atoms with Gasteiger partial charge in [-0.15, -0.1) is 0 Å². The van der Waals surface area contributed by atoms with Gasteiger partial charge in [0.1, 0.15) is 17.4 Å². The predicted octanol–water partition coefficient (Wildman–Crippen LogP) is 5.75. The second-order valence-electron chi connectivity index (χ2n) is 9.93. The van der Waals surface area contributed by atoms with Crippen LogP contribution in [0.15, 0.2) is 45.3 Å². The van der Waals surface area contributed by atoms with Crippen molar-refractivity contribution < 1.29 is 23.2 Å². The zero-order valence-electron chi connectivity index (χ0n) is 20.8. The molecule has 0 amide bonds. The summed E-state index contributed by atoms with van der Waals surface area (Å²) >= 11 is 0. The van der Waals surface area contributed by atoms with E-state index in [2.05, 4.69) is 33.9 Å². The third-order valence-electron chi connectivity index (χ3n) is 6.20. The van der Waals surface area contributed by atoms with Crippen LogP contribution in [0.2, 0.25) is 18.1 Å². The summed E-state index contributed by atoms with van der Waals surface area (Å²) < 4.78 is 16.8. The fourth-order valence-electron chi connectivity index (χ4n) is 2.97. The minimum absolute atomic E-state index is 0.114. The second kappa shape index (κ2) is 11.1. The molecule has 0 aliphatic heterocycles. The van der Waals surface area contributed by atoms with Crippen LogP contribution < -0.4 is 5.43 Å². The van der Waals surface area contributed by atoms with Crippen LogP contribution in [0.4, 0.5) is 0 Å². The largest absolute Gasteiger partial charge is 0.463 e.